The Labute approximate surface area is 204 Å². The fourth-order valence-electron chi connectivity index (χ4n) is 4.07. The van der Waals surface area contributed by atoms with Gasteiger partial charge in [-0.3, -0.25) is 9.48 Å². The number of nitrogens with one attached hydrogen (secondary N) is 1. The van der Waals surface area contributed by atoms with Crippen molar-refractivity contribution >= 4 is 11.6 Å². The number of benzene rings is 2. The molecule has 3 aromatic heterocycles. The molecule has 7 nitrogen and oxygen atoms in total. The van der Waals surface area contributed by atoms with Crippen molar-refractivity contribution in [1.29, 1.82) is 0 Å². The van der Waals surface area contributed by atoms with Gasteiger partial charge in [-0.05, 0) is 61.4 Å². The highest BCUT2D eigenvalue weighted by Gasteiger charge is 2.09. The van der Waals surface area contributed by atoms with Gasteiger partial charge in [0, 0.05) is 30.2 Å². The minimum Gasteiger partial charge on any atom is -0.487 e. The van der Waals surface area contributed by atoms with E-state index in [0.717, 1.165) is 33.9 Å². The van der Waals surface area contributed by atoms with Crippen LogP contribution in [0.5, 0.6) is 5.75 Å². The fraction of sp³-hybridized carbons (Fsp3) is 0.179. The molecule has 35 heavy (non-hydrogen) atoms. The number of carbonyl (C=O) groups is 1. The molecule has 176 valence electrons. The summed E-state index contributed by atoms with van der Waals surface area (Å²) >= 11 is 0. The van der Waals surface area contributed by atoms with Gasteiger partial charge in [0.1, 0.15) is 18.0 Å². The first kappa shape index (κ1) is 22.4. The number of aromatic nitrogens is 4. The van der Waals surface area contributed by atoms with E-state index in [1.54, 1.807) is 12.1 Å². The fourth-order valence-corrected chi connectivity index (χ4v) is 4.07. The lowest BCUT2D eigenvalue weighted by molar-refractivity contribution is 0.0950. The first-order valence-electron chi connectivity index (χ1n) is 11.6. The molecule has 5 aromatic rings. The van der Waals surface area contributed by atoms with Gasteiger partial charge in [-0.2, -0.15) is 5.10 Å². The average Bonchev–Trinajstić information content (AvgIpc) is 3.43. The minimum atomic E-state index is -0.146. The number of rotatable bonds is 8. The molecule has 0 aliphatic heterocycles. The molecule has 0 bridgehead atoms. The van der Waals surface area contributed by atoms with Crippen LogP contribution >= 0.6 is 0 Å². The molecule has 0 radical (unpaired) electrons. The van der Waals surface area contributed by atoms with E-state index in [0.29, 0.717) is 31.0 Å². The smallest absolute Gasteiger partial charge is 0.251 e. The molecule has 7 heteroatoms. The molecule has 0 unspecified atom stereocenters. The molecule has 1 amide bonds. The number of carbonyl (C=O) groups excluding carboxylic acids is 1. The van der Waals surface area contributed by atoms with Crippen molar-refractivity contribution < 1.29 is 9.53 Å². The Bertz CT molecular complexity index is 1450. The van der Waals surface area contributed by atoms with Gasteiger partial charge in [0.15, 0.2) is 0 Å². The van der Waals surface area contributed by atoms with E-state index in [-0.39, 0.29) is 5.91 Å². The lowest BCUT2D eigenvalue weighted by Crippen LogP contribution is -2.22. The van der Waals surface area contributed by atoms with E-state index in [1.165, 1.54) is 0 Å². The molecular weight excluding hydrogens is 438 g/mol. The molecule has 2 aromatic carbocycles. The summed E-state index contributed by atoms with van der Waals surface area (Å²) in [5.41, 5.74) is 6.57. The number of ether oxygens (including phenoxy) is 1. The van der Waals surface area contributed by atoms with Gasteiger partial charge in [-0.1, -0.05) is 36.4 Å². The number of nitrogens with zero attached hydrogens (tertiary/aromatic N) is 4. The monoisotopic (exact) mass is 465 g/mol. The van der Waals surface area contributed by atoms with Crippen LogP contribution in [-0.4, -0.2) is 25.1 Å². The van der Waals surface area contributed by atoms with Crippen LogP contribution in [-0.2, 0) is 19.7 Å². The van der Waals surface area contributed by atoms with E-state index in [1.807, 2.05) is 70.9 Å². The van der Waals surface area contributed by atoms with Gasteiger partial charge >= 0.3 is 0 Å². The molecule has 0 aliphatic carbocycles. The van der Waals surface area contributed by atoms with Crippen molar-refractivity contribution in [2.45, 2.75) is 33.5 Å². The molecule has 0 saturated carbocycles. The van der Waals surface area contributed by atoms with Crippen LogP contribution in [0.2, 0.25) is 0 Å². The van der Waals surface area contributed by atoms with Crippen LogP contribution < -0.4 is 10.1 Å². The highest BCUT2D eigenvalue weighted by molar-refractivity contribution is 5.94. The van der Waals surface area contributed by atoms with Crippen LogP contribution in [0.4, 0.5) is 0 Å². The highest BCUT2D eigenvalue weighted by atomic mass is 16.5. The van der Waals surface area contributed by atoms with Gasteiger partial charge in [0.2, 0.25) is 0 Å². The SMILES string of the molecule is Cc1cc(C)n(Cc2cccc(CNC(=O)c3cccc(OCc4cn5ccccc5n4)c3)c2)n1. The lowest BCUT2D eigenvalue weighted by Gasteiger charge is -2.10. The van der Waals surface area contributed by atoms with Crippen molar-refractivity contribution in [3.63, 3.8) is 0 Å². The van der Waals surface area contributed by atoms with E-state index in [4.69, 9.17) is 4.74 Å². The second kappa shape index (κ2) is 9.85. The van der Waals surface area contributed by atoms with Gasteiger partial charge in [-0.15, -0.1) is 0 Å². The van der Waals surface area contributed by atoms with Crippen molar-refractivity contribution in [3.8, 4) is 5.75 Å². The van der Waals surface area contributed by atoms with Gasteiger partial charge in [0.25, 0.3) is 5.91 Å². The summed E-state index contributed by atoms with van der Waals surface area (Å²) < 4.78 is 9.84. The van der Waals surface area contributed by atoms with E-state index >= 15 is 0 Å². The molecule has 5 rings (SSSR count). The van der Waals surface area contributed by atoms with Crippen molar-refractivity contribution in [2.24, 2.45) is 0 Å². The second-order valence-corrected chi connectivity index (χ2v) is 8.60. The summed E-state index contributed by atoms with van der Waals surface area (Å²) in [5.74, 6) is 0.480. The van der Waals surface area contributed by atoms with Crippen LogP contribution in [0.1, 0.15) is 38.6 Å². The lowest BCUT2D eigenvalue weighted by atomic mass is 10.1. The third kappa shape index (κ3) is 5.41. The standard InChI is InChI=1S/C28H27N5O2/c1-20-13-21(2)33(31-20)17-23-8-5-7-22(14-23)16-29-28(34)24-9-6-10-26(15-24)35-19-25-18-32-12-4-3-11-27(32)30-25/h3-15,18H,16-17,19H2,1-2H3,(H,29,34). The van der Waals surface area contributed by atoms with Crippen LogP contribution in [0.15, 0.2) is 85.2 Å². The Morgan fingerprint density at radius 3 is 2.66 bits per heavy atom. The zero-order chi connectivity index (χ0) is 24.2. The van der Waals surface area contributed by atoms with Gasteiger partial charge in [-0.25, -0.2) is 4.98 Å². The topological polar surface area (TPSA) is 73.5 Å². The first-order chi connectivity index (χ1) is 17.0. The number of hydrogen-bond acceptors (Lipinski definition) is 4. The van der Waals surface area contributed by atoms with Crippen LogP contribution in [0, 0.1) is 13.8 Å². The highest BCUT2D eigenvalue weighted by Crippen LogP contribution is 2.16. The molecule has 3 heterocycles. The molecule has 1 N–H and O–H groups in total. The Hall–Kier alpha value is -4.39. The Balaban J connectivity index is 1.19. The van der Waals surface area contributed by atoms with E-state index in [2.05, 4.69) is 40.5 Å². The van der Waals surface area contributed by atoms with Crippen LogP contribution in [0.3, 0.4) is 0 Å². The second-order valence-electron chi connectivity index (χ2n) is 8.60. The van der Waals surface area contributed by atoms with Crippen LogP contribution in [0.25, 0.3) is 5.65 Å². The number of pyridine rings is 1. The summed E-state index contributed by atoms with van der Waals surface area (Å²) in [6.07, 6.45) is 3.89. The molecule has 0 aliphatic rings. The maximum absolute atomic E-state index is 12.8. The summed E-state index contributed by atoms with van der Waals surface area (Å²) in [6, 6.07) is 23.3. The Morgan fingerprint density at radius 2 is 1.83 bits per heavy atom. The Kier molecular flexibility index (Phi) is 6.30. The minimum absolute atomic E-state index is 0.146. The number of imidazole rings is 1. The molecule has 0 spiro atoms. The van der Waals surface area contributed by atoms with Crippen molar-refractivity contribution in [2.75, 3.05) is 0 Å². The van der Waals surface area contributed by atoms with E-state index in [9.17, 15) is 4.79 Å². The zero-order valence-corrected chi connectivity index (χ0v) is 19.8. The third-order valence-corrected chi connectivity index (χ3v) is 5.78. The Morgan fingerprint density at radius 1 is 0.971 bits per heavy atom. The van der Waals surface area contributed by atoms with Gasteiger partial charge in [0.05, 0.1) is 17.9 Å². The molecule has 0 saturated heterocycles. The number of hydrogen-bond donors (Lipinski definition) is 1. The predicted octanol–water partition coefficient (Wildman–Crippen LogP) is 4.70. The maximum Gasteiger partial charge on any atom is 0.251 e. The molecule has 0 atom stereocenters. The van der Waals surface area contributed by atoms with E-state index < -0.39 is 0 Å². The quantitative estimate of drug-likeness (QED) is 0.360. The molecular formula is C28H27N5O2. The number of fused-ring (bicyclic) bond motifs is 1. The molecule has 0 fully saturated rings. The summed E-state index contributed by atoms with van der Waals surface area (Å²) in [5, 5.41) is 7.54. The number of aryl methyl sites for hydroxylation is 2. The summed E-state index contributed by atoms with van der Waals surface area (Å²) in [7, 11) is 0. The number of amides is 1. The predicted molar refractivity (Wildman–Crippen MR) is 134 cm³/mol. The zero-order valence-electron chi connectivity index (χ0n) is 19.8. The summed E-state index contributed by atoms with van der Waals surface area (Å²) in [4.78, 5) is 17.3. The van der Waals surface area contributed by atoms with Crippen molar-refractivity contribution in [1.82, 2.24) is 24.5 Å². The van der Waals surface area contributed by atoms with Crippen molar-refractivity contribution in [3.05, 3.63) is 119 Å². The average molecular weight is 466 g/mol. The normalized spacial score (nSPS) is 11.0. The summed E-state index contributed by atoms with van der Waals surface area (Å²) in [6.45, 7) is 5.52. The first-order valence-corrected chi connectivity index (χ1v) is 11.6. The van der Waals surface area contributed by atoms with Gasteiger partial charge < -0.3 is 14.5 Å². The largest absolute Gasteiger partial charge is 0.487 e. The third-order valence-electron chi connectivity index (χ3n) is 5.78. The maximum atomic E-state index is 12.8.